The molecule has 1 saturated carbocycles. The molecule has 1 aromatic carbocycles. The maximum atomic E-state index is 13.0. The minimum Gasteiger partial charge on any atom is -0.478 e. The van der Waals surface area contributed by atoms with Gasteiger partial charge in [0.25, 0.3) is 0 Å². The summed E-state index contributed by atoms with van der Waals surface area (Å²) in [6.07, 6.45) is 1.11. The van der Waals surface area contributed by atoms with Gasteiger partial charge in [-0.1, -0.05) is 6.92 Å². The number of halogens is 1. The van der Waals surface area contributed by atoms with Crippen LogP contribution in [0.4, 0.5) is 14.9 Å². The Morgan fingerprint density at radius 3 is 2.70 bits per heavy atom. The van der Waals surface area contributed by atoms with E-state index in [-0.39, 0.29) is 11.3 Å². The predicted octanol–water partition coefficient (Wildman–Crippen LogP) is 2.64. The van der Waals surface area contributed by atoms with Gasteiger partial charge in [-0.15, -0.1) is 0 Å². The van der Waals surface area contributed by atoms with Crippen LogP contribution in [0, 0.1) is 17.7 Å². The first-order valence-corrected chi connectivity index (χ1v) is 6.43. The van der Waals surface area contributed by atoms with Crippen LogP contribution < -0.4 is 5.32 Å². The number of carbonyl (C=O) groups is 2. The van der Waals surface area contributed by atoms with Gasteiger partial charge in [0.2, 0.25) is 0 Å². The highest BCUT2D eigenvalue weighted by molar-refractivity contribution is 5.99. The highest BCUT2D eigenvalue weighted by atomic mass is 19.1. The Kier molecular flexibility index (Phi) is 3.92. The van der Waals surface area contributed by atoms with Crippen LogP contribution in [0.25, 0.3) is 0 Å². The first kappa shape index (κ1) is 14.3. The molecule has 5 nitrogen and oxygen atoms in total. The molecule has 0 aliphatic heterocycles. The lowest BCUT2D eigenvalue weighted by Crippen LogP contribution is -2.33. The number of carboxylic acid groups (broad SMARTS) is 1. The minimum absolute atomic E-state index is 0.0968. The fourth-order valence-electron chi connectivity index (χ4n) is 2.10. The van der Waals surface area contributed by atoms with Crippen LogP contribution in [0.2, 0.25) is 0 Å². The van der Waals surface area contributed by atoms with Gasteiger partial charge in [0.15, 0.2) is 0 Å². The molecule has 2 rings (SSSR count). The predicted molar refractivity (Wildman–Crippen MR) is 72.3 cm³/mol. The van der Waals surface area contributed by atoms with Crippen molar-refractivity contribution in [2.45, 2.75) is 13.3 Å². The van der Waals surface area contributed by atoms with Gasteiger partial charge < -0.3 is 15.3 Å². The summed E-state index contributed by atoms with van der Waals surface area (Å²) in [5.74, 6) is -0.789. The molecule has 6 heteroatoms. The van der Waals surface area contributed by atoms with Gasteiger partial charge in [0, 0.05) is 13.6 Å². The lowest BCUT2D eigenvalue weighted by atomic mass is 10.1. The number of aromatic carboxylic acids is 1. The van der Waals surface area contributed by atoms with Crippen molar-refractivity contribution in [3.05, 3.63) is 29.6 Å². The van der Waals surface area contributed by atoms with Gasteiger partial charge in [0.1, 0.15) is 5.82 Å². The van der Waals surface area contributed by atoms with Crippen molar-refractivity contribution >= 4 is 17.7 Å². The Morgan fingerprint density at radius 2 is 2.15 bits per heavy atom. The molecule has 20 heavy (non-hydrogen) atoms. The third-order valence-electron chi connectivity index (χ3n) is 3.58. The summed E-state index contributed by atoms with van der Waals surface area (Å²) in [6.45, 7) is 2.76. The molecule has 0 spiro atoms. The summed E-state index contributed by atoms with van der Waals surface area (Å²) in [7, 11) is 1.66. The van der Waals surface area contributed by atoms with Crippen molar-refractivity contribution in [3.8, 4) is 0 Å². The molecule has 0 bridgehead atoms. The lowest BCUT2D eigenvalue weighted by Gasteiger charge is -2.18. The van der Waals surface area contributed by atoms with Gasteiger partial charge in [-0.05, 0) is 36.5 Å². The molecule has 1 aliphatic rings. The number of nitrogens with one attached hydrogen (secondary N) is 1. The van der Waals surface area contributed by atoms with E-state index in [1.807, 2.05) is 0 Å². The zero-order valence-corrected chi connectivity index (χ0v) is 11.4. The molecule has 2 unspecified atom stereocenters. The second-order valence-electron chi connectivity index (χ2n) is 5.28. The maximum Gasteiger partial charge on any atom is 0.337 e. The standard InChI is InChI=1S/C14H17FN2O3/c1-8-5-9(8)7-17(2)14(20)16-12-4-3-10(15)6-11(12)13(18)19/h3-4,6,8-9H,5,7H2,1-2H3,(H,16,20)(H,18,19). The number of anilines is 1. The molecule has 1 fully saturated rings. The normalized spacial score (nSPS) is 20.4. The number of carboxylic acids is 1. The van der Waals surface area contributed by atoms with E-state index in [1.165, 1.54) is 11.0 Å². The zero-order chi connectivity index (χ0) is 14.9. The van der Waals surface area contributed by atoms with E-state index < -0.39 is 17.8 Å². The maximum absolute atomic E-state index is 13.0. The molecular weight excluding hydrogens is 263 g/mol. The van der Waals surface area contributed by atoms with Crippen LogP contribution in [0.15, 0.2) is 18.2 Å². The first-order valence-electron chi connectivity index (χ1n) is 6.43. The van der Waals surface area contributed by atoms with E-state index >= 15 is 0 Å². The number of carbonyl (C=O) groups excluding carboxylic acids is 1. The molecule has 1 aromatic rings. The van der Waals surface area contributed by atoms with E-state index in [0.717, 1.165) is 18.6 Å². The third-order valence-corrected chi connectivity index (χ3v) is 3.58. The average Bonchev–Trinajstić information content (AvgIpc) is 3.06. The zero-order valence-electron chi connectivity index (χ0n) is 11.4. The molecule has 1 aliphatic carbocycles. The van der Waals surface area contributed by atoms with E-state index in [9.17, 15) is 14.0 Å². The Morgan fingerprint density at radius 1 is 1.50 bits per heavy atom. The molecule has 0 aromatic heterocycles. The number of amides is 2. The smallest absolute Gasteiger partial charge is 0.337 e. The summed E-state index contributed by atoms with van der Waals surface area (Å²) in [5, 5.41) is 11.5. The fraction of sp³-hybridized carbons (Fsp3) is 0.429. The van der Waals surface area contributed by atoms with Gasteiger partial charge >= 0.3 is 12.0 Å². The van der Waals surface area contributed by atoms with Crippen LogP contribution in [-0.4, -0.2) is 35.6 Å². The second-order valence-corrected chi connectivity index (χ2v) is 5.28. The number of urea groups is 1. The highest BCUT2D eigenvalue weighted by Gasteiger charge is 2.34. The molecule has 2 atom stereocenters. The van der Waals surface area contributed by atoms with Gasteiger partial charge in [-0.25, -0.2) is 14.0 Å². The van der Waals surface area contributed by atoms with Crippen molar-refractivity contribution in [2.24, 2.45) is 11.8 Å². The summed E-state index contributed by atoms with van der Waals surface area (Å²) in [5.41, 5.74) is -0.161. The van der Waals surface area contributed by atoms with Gasteiger partial charge in [0.05, 0.1) is 11.3 Å². The summed E-state index contributed by atoms with van der Waals surface area (Å²) in [6, 6.07) is 2.87. The highest BCUT2D eigenvalue weighted by Crippen LogP contribution is 2.38. The van der Waals surface area contributed by atoms with Crippen molar-refractivity contribution in [1.82, 2.24) is 4.90 Å². The van der Waals surface area contributed by atoms with Crippen LogP contribution in [0.5, 0.6) is 0 Å². The Hall–Kier alpha value is -2.11. The van der Waals surface area contributed by atoms with Crippen molar-refractivity contribution in [2.75, 3.05) is 18.9 Å². The number of nitrogens with zero attached hydrogens (tertiary/aromatic N) is 1. The van der Waals surface area contributed by atoms with Crippen molar-refractivity contribution < 1.29 is 19.1 Å². The van der Waals surface area contributed by atoms with Crippen LogP contribution in [0.1, 0.15) is 23.7 Å². The molecule has 2 amide bonds. The quantitative estimate of drug-likeness (QED) is 0.890. The van der Waals surface area contributed by atoms with Crippen molar-refractivity contribution in [3.63, 3.8) is 0 Å². The van der Waals surface area contributed by atoms with Gasteiger partial charge in [-0.2, -0.15) is 0 Å². The summed E-state index contributed by atoms with van der Waals surface area (Å²) in [4.78, 5) is 24.5. The SMILES string of the molecule is CC1CC1CN(C)C(=O)Nc1ccc(F)cc1C(=O)O. The van der Waals surface area contributed by atoms with E-state index in [0.29, 0.717) is 18.4 Å². The monoisotopic (exact) mass is 280 g/mol. The number of hydrogen-bond donors (Lipinski definition) is 2. The number of rotatable bonds is 4. The molecule has 2 N–H and O–H groups in total. The molecule has 0 heterocycles. The lowest BCUT2D eigenvalue weighted by molar-refractivity contribution is 0.0697. The first-order chi connectivity index (χ1) is 9.38. The minimum atomic E-state index is -1.28. The van der Waals surface area contributed by atoms with E-state index in [2.05, 4.69) is 12.2 Å². The second kappa shape index (κ2) is 5.48. The number of hydrogen-bond acceptors (Lipinski definition) is 2. The third kappa shape index (κ3) is 3.26. The van der Waals surface area contributed by atoms with Crippen molar-refractivity contribution in [1.29, 1.82) is 0 Å². The van der Waals surface area contributed by atoms with E-state index in [1.54, 1.807) is 7.05 Å². The Labute approximate surface area is 116 Å². The van der Waals surface area contributed by atoms with Gasteiger partial charge in [-0.3, -0.25) is 0 Å². The fourth-order valence-corrected chi connectivity index (χ4v) is 2.10. The Balaban J connectivity index is 2.05. The summed E-state index contributed by atoms with van der Waals surface area (Å²) >= 11 is 0. The van der Waals surface area contributed by atoms with Crippen LogP contribution in [-0.2, 0) is 0 Å². The molecule has 0 radical (unpaired) electrons. The largest absolute Gasteiger partial charge is 0.478 e. The molecular formula is C14H17FN2O3. The van der Waals surface area contributed by atoms with Crippen LogP contribution >= 0.6 is 0 Å². The van der Waals surface area contributed by atoms with Crippen LogP contribution in [0.3, 0.4) is 0 Å². The molecule has 0 saturated heterocycles. The van der Waals surface area contributed by atoms with E-state index in [4.69, 9.17) is 5.11 Å². The Bertz CT molecular complexity index is 547. The number of benzene rings is 1. The summed E-state index contributed by atoms with van der Waals surface area (Å²) < 4.78 is 13.0. The molecule has 108 valence electrons. The average molecular weight is 280 g/mol. The topological polar surface area (TPSA) is 69.6 Å².